The number of carbonyl (C=O) groups excluding carboxylic acids is 1. The van der Waals surface area contributed by atoms with Gasteiger partial charge in [-0.05, 0) is 93.1 Å². The molecule has 0 saturated carbocycles. The van der Waals surface area contributed by atoms with Gasteiger partial charge in [0, 0.05) is 35.1 Å². The van der Waals surface area contributed by atoms with E-state index in [1.807, 2.05) is 31.2 Å². The first-order valence-electron chi connectivity index (χ1n) is 9.75. The van der Waals surface area contributed by atoms with Crippen LogP contribution in [0.25, 0.3) is 11.3 Å². The molecule has 0 fully saturated rings. The molecular formula is C23H24ClN3O2S. The number of hydrogen-bond acceptors (Lipinski definition) is 4. The number of amides is 1. The van der Waals surface area contributed by atoms with Crippen LogP contribution in [0.1, 0.15) is 30.0 Å². The van der Waals surface area contributed by atoms with Crippen LogP contribution in [0.2, 0.25) is 5.02 Å². The lowest BCUT2D eigenvalue weighted by Crippen LogP contribution is -2.34. The fourth-order valence-electron chi connectivity index (χ4n) is 3.12. The van der Waals surface area contributed by atoms with Gasteiger partial charge in [0.2, 0.25) is 0 Å². The van der Waals surface area contributed by atoms with Crippen LogP contribution in [0.4, 0.5) is 11.4 Å². The average molecular weight is 442 g/mol. The quantitative estimate of drug-likeness (QED) is 0.467. The molecule has 0 spiro atoms. The van der Waals surface area contributed by atoms with Crippen LogP contribution >= 0.6 is 23.8 Å². The largest absolute Gasteiger partial charge is 0.451 e. The van der Waals surface area contributed by atoms with Gasteiger partial charge in [-0.2, -0.15) is 0 Å². The summed E-state index contributed by atoms with van der Waals surface area (Å²) in [6, 6.07) is 16.7. The van der Waals surface area contributed by atoms with Gasteiger partial charge < -0.3 is 14.6 Å². The van der Waals surface area contributed by atoms with Crippen molar-refractivity contribution >= 4 is 46.2 Å². The highest BCUT2D eigenvalue weighted by molar-refractivity contribution is 7.80. The van der Waals surface area contributed by atoms with Gasteiger partial charge in [-0.1, -0.05) is 11.6 Å². The number of hydrogen-bond donors (Lipinski definition) is 2. The lowest BCUT2D eigenvalue weighted by atomic mass is 10.1. The van der Waals surface area contributed by atoms with Crippen LogP contribution in [0.5, 0.6) is 0 Å². The number of anilines is 2. The Bertz CT molecular complexity index is 1040. The van der Waals surface area contributed by atoms with Crippen molar-refractivity contribution in [3.8, 4) is 11.3 Å². The van der Waals surface area contributed by atoms with Crippen molar-refractivity contribution < 1.29 is 9.21 Å². The number of halogens is 1. The minimum absolute atomic E-state index is 0.178. The Kier molecular flexibility index (Phi) is 7.13. The van der Waals surface area contributed by atoms with E-state index in [0.717, 1.165) is 35.6 Å². The Balaban J connectivity index is 1.64. The van der Waals surface area contributed by atoms with Gasteiger partial charge >= 0.3 is 0 Å². The third-order valence-corrected chi connectivity index (χ3v) is 5.23. The molecule has 5 nitrogen and oxygen atoms in total. The molecule has 0 aliphatic rings. The standard InChI is InChI=1S/C23H24ClN3O2S/c1-4-27(5-2)18-10-11-19(15(3)14-18)25-23(30)26-22(28)21-13-12-20(29-21)16-6-8-17(24)9-7-16/h6-14H,4-5H2,1-3H3,(H2,25,26,28,30). The second kappa shape index (κ2) is 9.78. The Morgan fingerprint density at radius 1 is 1.07 bits per heavy atom. The highest BCUT2D eigenvalue weighted by Crippen LogP contribution is 2.24. The van der Waals surface area contributed by atoms with E-state index in [2.05, 4.69) is 35.4 Å². The molecule has 1 heterocycles. The van der Waals surface area contributed by atoms with Gasteiger partial charge in [0.25, 0.3) is 5.91 Å². The van der Waals surface area contributed by atoms with Crippen molar-refractivity contribution in [3.63, 3.8) is 0 Å². The molecule has 1 aromatic heterocycles. The molecule has 156 valence electrons. The first kappa shape index (κ1) is 21.9. The van der Waals surface area contributed by atoms with Gasteiger partial charge in [0.05, 0.1) is 0 Å². The topological polar surface area (TPSA) is 57.5 Å². The third-order valence-electron chi connectivity index (χ3n) is 4.77. The van der Waals surface area contributed by atoms with Crippen molar-refractivity contribution in [2.24, 2.45) is 0 Å². The summed E-state index contributed by atoms with van der Waals surface area (Å²) in [5, 5.41) is 6.59. The molecule has 2 N–H and O–H groups in total. The number of thiocarbonyl (C=S) groups is 1. The molecule has 30 heavy (non-hydrogen) atoms. The first-order chi connectivity index (χ1) is 14.4. The molecule has 3 aromatic rings. The number of nitrogens with zero attached hydrogens (tertiary/aromatic N) is 1. The predicted octanol–water partition coefficient (Wildman–Crippen LogP) is 5.88. The Morgan fingerprint density at radius 3 is 2.40 bits per heavy atom. The van der Waals surface area contributed by atoms with Crippen LogP contribution in [-0.2, 0) is 0 Å². The molecule has 7 heteroatoms. The zero-order chi connectivity index (χ0) is 21.7. The van der Waals surface area contributed by atoms with Gasteiger partial charge in [-0.15, -0.1) is 0 Å². The summed E-state index contributed by atoms with van der Waals surface area (Å²) < 4.78 is 5.66. The molecule has 1 amide bonds. The Hall–Kier alpha value is -2.83. The molecule has 0 aliphatic carbocycles. The van der Waals surface area contributed by atoms with Gasteiger partial charge in [-0.25, -0.2) is 0 Å². The van der Waals surface area contributed by atoms with Crippen molar-refractivity contribution in [1.82, 2.24) is 5.32 Å². The maximum atomic E-state index is 12.5. The van der Waals surface area contributed by atoms with E-state index in [4.69, 9.17) is 28.2 Å². The normalized spacial score (nSPS) is 10.5. The number of benzene rings is 2. The number of nitrogens with one attached hydrogen (secondary N) is 2. The number of aryl methyl sites for hydroxylation is 1. The number of carbonyl (C=O) groups is 1. The summed E-state index contributed by atoms with van der Waals surface area (Å²) in [7, 11) is 0. The Morgan fingerprint density at radius 2 is 1.77 bits per heavy atom. The van der Waals surface area contributed by atoms with E-state index >= 15 is 0 Å². The lowest BCUT2D eigenvalue weighted by molar-refractivity contribution is 0.0951. The summed E-state index contributed by atoms with van der Waals surface area (Å²) >= 11 is 11.2. The highest BCUT2D eigenvalue weighted by atomic mass is 35.5. The van der Waals surface area contributed by atoms with Crippen molar-refractivity contribution in [2.45, 2.75) is 20.8 Å². The molecule has 0 unspecified atom stereocenters. The molecule has 0 radical (unpaired) electrons. The minimum atomic E-state index is -0.412. The molecule has 3 rings (SSSR count). The predicted molar refractivity (Wildman–Crippen MR) is 128 cm³/mol. The second-order valence-electron chi connectivity index (χ2n) is 6.75. The van der Waals surface area contributed by atoms with E-state index in [1.165, 1.54) is 0 Å². The van der Waals surface area contributed by atoms with E-state index in [9.17, 15) is 4.79 Å². The monoisotopic (exact) mass is 441 g/mol. The second-order valence-corrected chi connectivity index (χ2v) is 7.60. The summed E-state index contributed by atoms with van der Waals surface area (Å²) in [4.78, 5) is 14.8. The summed E-state index contributed by atoms with van der Waals surface area (Å²) in [6.07, 6.45) is 0. The van der Waals surface area contributed by atoms with Crippen LogP contribution in [-0.4, -0.2) is 24.1 Å². The first-order valence-corrected chi connectivity index (χ1v) is 10.5. The smallest absolute Gasteiger partial charge is 0.293 e. The molecular weight excluding hydrogens is 418 g/mol. The van der Waals surface area contributed by atoms with E-state index in [0.29, 0.717) is 10.8 Å². The molecule has 0 saturated heterocycles. The maximum Gasteiger partial charge on any atom is 0.293 e. The maximum absolute atomic E-state index is 12.5. The fraction of sp³-hybridized carbons (Fsp3) is 0.217. The van der Waals surface area contributed by atoms with Crippen LogP contribution < -0.4 is 15.5 Å². The van der Waals surface area contributed by atoms with Crippen LogP contribution in [0, 0.1) is 6.92 Å². The number of furan rings is 1. The van der Waals surface area contributed by atoms with E-state index < -0.39 is 5.91 Å². The summed E-state index contributed by atoms with van der Waals surface area (Å²) in [6.45, 7) is 8.15. The zero-order valence-electron chi connectivity index (χ0n) is 17.2. The van der Waals surface area contributed by atoms with Crippen molar-refractivity contribution in [3.05, 3.63) is 70.9 Å². The minimum Gasteiger partial charge on any atom is -0.451 e. The molecule has 0 aliphatic heterocycles. The lowest BCUT2D eigenvalue weighted by Gasteiger charge is -2.22. The van der Waals surface area contributed by atoms with Gasteiger partial charge in [0.1, 0.15) is 5.76 Å². The highest BCUT2D eigenvalue weighted by Gasteiger charge is 2.14. The number of rotatable bonds is 6. The summed E-state index contributed by atoms with van der Waals surface area (Å²) in [5.41, 5.74) is 3.88. The third kappa shape index (κ3) is 5.20. The van der Waals surface area contributed by atoms with E-state index in [1.54, 1.807) is 24.3 Å². The molecule has 2 aromatic carbocycles. The van der Waals surface area contributed by atoms with Crippen LogP contribution in [0.15, 0.2) is 59.0 Å². The average Bonchev–Trinajstić information content (AvgIpc) is 3.22. The van der Waals surface area contributed by atoms with E-state index in [-0.39, 0.29) is 10.9 Å². The Labute approximate surface area is 187 Å². The van der Waals surface area contributed by atoms with Crippen LogP contribution in [0.3, 0.4) is 0 Å². The fourth-order valence-corrected chi connectivity index (χ4v) is 3.45. The molecule has 0 bridgehead atoms. The summed E-state index contributed by atoms with van der Waals surface area (Å²) in [5.74, 6) is 0.348. The van der Waals surface area contributed by atoms with Crippen molar-refractivity contribution in [1.29, 1.82) is 0 Å². The zero-order valence-corrected chi connectivity index (χ0v) is 18.7. The van der Waals surface area contributed by atoms with Crippen molar-refractivity contribution in [2.75, 3.05) is 23.3 Å². The van der Waals surface area contributed by atoms with Gasteiger partial charge in [0.15, 0.2) is 10.9 Å². The van der Waals surface area contributed by atoms with Gasteiger partial charge in [-0.3, -0.25) is 10.1 Å². The molecule has 0 atom stereocenters. The SMILES string of the molecule is CCN(CC)c1ccc(NC(=S)NC(=O)c2ccc(-c3ccc(Cl)cc3)o2)c(C)c1.